The van der Waals surface area contributed by atoms with Crippen molar-refractivity contribution < 1.29 is 4.79 Å². The van der Waals surface area contributed by atoms with Crippen LogP contribution in [0, 0.1) is 0 Å². The van der Waals surface area contributed by atoms with Crippen molar-refractivity contribution in [3.63, 3.8) is 0 Å². The Kier molecular flexibility index (Phi) is 5.37. The van der Waals surface area contributed by atoms with Gasteiger partial charge in [-0.15, -0.1) is 11.3 Å². The number of carbonyl (C=O) groups is 1. The van der Waals surface area contributed by atoms with Crippen LogP contribution in [0.15, 0.2) is 45.3 Å². The summed E-state index contributed by atoms with van der Waals surface area (Å²) < 4.78 is 3.09. The van der Waals surface area contributed by atoms with Crippen molar-refractivity contribution in [2.24, 2.45) is 0 Å². The molecule has 3 aromatic rings. The predicted octanol–water partition coefficient (Wildman–Crippen LogP) is 2.84. The van der Waals surface area contributed by atoms with Crippen molar-refractivity contribution in [1.29, 1.82) is 0 Å². The Morgan fingerprint density at radius 2 is 1.96 bits per heavy atom. The number of aromatic nitrogens is 2. The van der Waals surface area contributed by atoms with Gasteiger partial charge in [-0.3, -0.25) is 18.7 Å². The van der Waals surface area contributed by atoms with Gasteiger partial charge in [-0.1, -0.05) is 26.0 Å². The van der Waals surface area contributed by atoms with Gasteiger partial charge in [-0.2, -0.15) is 0 Å². The second-order valence-corrected chi connectivity index (χ2v) is 6.98. The molecule has 0 aliphatic rings. The molecule has 0 aliphatic carbocycles. The summed E-state index contributed by atoms with van der Waals surface area (Å²) in [4.78, 5) is 37.7. The fourth-order valence-electron chi connectivity index (χ4n) is 2.92. The molecule has 2 aromatic heterocycles. The zero-order chi connectivity index (χ0) is 18.7. The van der Waals surface area contributed by atoms with Gasteiger partial charge < -0.3 is 5.32 Å². The Labute approximate surface area is 154 Å². The lowest BCUT2D eigenvalue weighted by Gasteiger charge is -2.12. The highest BCUT2D eigenvalue weighted by molar-refractivity contribution is 7.17. The second-order valence-electron chi connectivity index (χ2n) is 6.06. The highest BCUT2D eigenvalue weighted by Gasteiger charge is 2.16. The number of fused-ring (bicyclic) bond motifs is 1. The molecule has 3 rings (SSSR count). The molecule has 0 atom stereocenters. The average Bonchev–Trinajstić information content (AvgIpc) is 3.12. The van der Waals surface area contributed by atoms with Gasteiger partial charge in [0.1, 0.15) is 11.2 Å². The molecular weight excluding hydrogens is 350 g/mol. The number of amides is 1. The smallest absolute Gasteiger partial charge is 0.325 e. The third kappa shape index (κ3) is 3.48. The van der Waals surface area contributed by atoms with E-state index in [-0.39, 0.29) is 18.0 Å². The average molecular weight is 371 g/mol. The van der Waals surface area contributed by atoms with E-state index in [1.165, 1.54) is 20.5 Å². The van der Waals surface area contributed by atoms with Crippen molar-refractivity contribution in [2.75, 3.05) is 5.32 Å². The van der Waals surface area contributed by atoms with Gasteiger partial charge in [-0.05, 0) is 42.0 Å². The maximum Gasteiger partial charge on any atom is 0.332 e. The maximum absolute atomic E-state index is 12.7. The minimum atomic E-state index is -0.444. The first-order valence-corrected chi connectivity index (χ1v) is 9.52. The lowest BCUT2D eigenvalue weighted by Crippen LogP contribution is -2.41. The number of hydrogen-bond donors (Lipinski definition) is 1. The largest absolute Gasteiger partial charge is 0.332 e. The molecule has 1 amide bonds. The number of nitrogens with zero attached hydrogens (tertiary/aromatic N) is 2. The Morgan fingerprint density at radius 1 is 1.15 bits per heavy atom. The van der Waals surface area contributed by atoms with E-state index in [0.717, 1.165) is 12.0 Å². The van der Waals surface area contributed by atoms with Crippen molar-refractivity contribution in [2.45, 2.75) is 39.8 Å². The molecule has 1 N–H and O–H groups in total. The molecule has 0 radical (unpaired) electrons. The predicted molar refractivity (Wildman–Crippen MR) is 105 cm³/mol. The number of thiophene rings is 1. The van der Waals surface area contributed by atoms with E-state index < -0.39 is 5.69 Å². The number of anilines is 1. The van der Waals surface area contributed by atoms with Crippen LogP contribution in [0.4, 0.5) is 5.69 Å². The van der Waals surface area contributed by atoms with E-state index in [4.69, 9.17) is 0 Å². The topological polar surface area (TPSA) is 73.1 Å². The Balaban J connectivity index is 1.95. The molecule has 0 saturated heterocycles. The number of hydrogen-bond acceptors (Lipinski definition) is 4. The Hall–Kier alpha value is -2.67. The number of benzene rings is 1. The van der Waals surface area contributed by atoms with Gasteiger partial charge >= 0.3 is 5.69 Å². The van der Waals surface area contributed by atoms with Crippen LogP contribution < -0.4 is 16.6 Å². The highest BCUT2D eigenvalue weighted by Crippen LogP contribution is 2.16. The normalized spacial score (nSPS) is 11.0. The van der Waals surface area contributed by atoms with Crippen molar-refractivity contribution in [3.05, 3.63) is 62.1 Å². The molecule has 2 heterocycles. The van der Waals surface area contributed by atoms with Gasteiger partial charge in [0.05, 0.1) is 5.52 Å². The van der Waals surface area contributed by atoms with Gasteiger partial charge in [0.15, 0.2) is 0 Å². The van der Waals surface area contributed by atoms with E-state index in [9.17, 15) is 14.4 Å². The quantitative estimate of drug-likeness (QED) is 0.724. The molecular formula is C19H21N3O3S. The summed E-state index contributed by atoms with van der Waals surface area (Å²) in [6, 6.07) is 9.33. The van der Waals surface area contributed by atoms with Crippen LogP contribution in [-0.2, 0) is 24.3 Å². The molecule has 0 aliphatic heterocycles. The lowest BCUT2D eigenvalue weighted by molar-refractivity contribution is -0.116. The first-order valence-electron chi connectivity index (χ1n) is 8.64. The van der Waals surface area contributed by atoms with E-state index >= 15 is 0 Å². The van der Waals surface area contributed by atoms with Crippen molar-refractivity contribution >= 4 is 33.1 Å². The Morgan fingerprint density at radius 3 is 2.69 bits per heavy atom. The SMILES string of the molecule is CCCn1c(=O)c2sccc2n(CC(=O)Nc2cccc(CC)c2)c1=O. The number of rotatable bonds is 6. The van der Waals surface area contributed by atoms with Crippen LogP contribution in [0.5, 0.6) is 0 Å². The van der Waals surface area contributed by atoms with Crippen LogP contribution in [0.2, 0.25) is 0 Å². The molecule has 0 saturated carbocycles. The number of aryl methyl sites for hydroxylation is 1. The van der Waals surface area contributed by atoms with Gasteiger partial charge in [-0.25, -0.2) is 4.79 Å². The van der Waals surface area contributed by atoms with E-state index in [2.05, 4.69) is 5.32 Å². The minimum Gasteiger partial charge on any atom is -0.325 e. The molecule has 7 heteroatoms. The van der Waals surface area contributed by atoms with E-state index in [0.29, 0.717) is 28.9 Å². The molecule has 26 heavy (non-hydrogen) atoms. The van der Waals surface area contributed by atoms with Gasteiger partial charge in [0, 0.05) is 12.2 Å². The summed E-state index contributed by atoms with van der Waals surface area (Å²) in [5.74, 6) is -0.297. The van der Waals surface area contributed by atoms with Crippen molar-refractivity contribution in [3.8, 4) is 0 Å². The third-order valence-corrected chi connectivity index (χ3v) is 5.10. The monoisotopic (exact) mass is 371 g/mol. The minimum absolute atomic E-state index is 0.133. The highest BCUT2D eigenvalue weighted by atomic mass is 32.1. The summed E-state index contributed by atoms with van der Waals surface area (Å²) in [5, 5.41) is 4.60. The van der Waals surface area contributed by atoms with Gasteiger partial charge in [0.2, 0.25) is 5.91 Å². The molecule has 0 unspecified atom stereocenters. The summed E-state index contributed by atoms with van der Waals surface area (Å²) in [5.41, 5.74) is 1.60. The number of nitrogens with one attached hydrogen (secondary N) is 1. The summed E-state index contributed by atoms with van der Waals surface area (Å²) in [7, 11) is 0. The zero-order valence-corrected chi connectivity index (χ0v) is 15.6. The molecule has 1 aromatic carbocycles. The summed E-state index contributed by atoms with van der Waals surface area (Å²) in [6.45, 7) is 4.16. The standard InChI is InChI=1S/C19H21N3O3S/c1-3-9-21-18(24)17-15(8-10-26-17)22(19(21)25)12-16(23)20-14-7-5-6-13(4-2)11-14/h5-8,10-11H,3-4,9,12H2,1-2H3,(H,20,23). The van der Waals surface area contributed by atoms with Crippen LogP contribution in [0.25, 0.3) is 10.2 Å². The van der Waals surface area contributed by atoms with Crippen LogP contribution in [0.3, 0.4) is 0 Å². The Bertz CT molecular complexity index is 1060. The third-order valence-electron chi connectivity index (χ3n) is 4.20. The van der Waals surface area contributed by atoms with Gasteiger partial charge in [0.25, 0.3) is 5.56 Å². The summed E-state index contributed by atoms with van der Waals surface area (Å²) in [6.07, 6.45) is 1.54. The maximum atomic E-state index is 12.7. The van der Waals surface area contributed by atoms with E-state index in [1.54, 1.807) is 11.4 Å². The lowest BCUT2D eigenvalue weighted by atomic mass is 10.1. The van der Waals surface area contributed by atoms with Crippen LogP contribution >= 0.6 is 11.3 Å². The first kappa shape index (κ1) is 18.1. The molecule has 0 bridgehead atoms. The van der Waals surface area contributed by atoms with Crippen LogP contribution in [0.1, 0.15) is 25.8 Å². The number of carbonyl (C=O) groups excluding carboxylic acids is 1. The molecule has 0 fully saturated rings. The molecule has 0 spiro atoms. The summed E-state index contributed by atoms with van der Waals surface area (Å²) >= 11 is 1.29. The second kappa shape index (κ2) is 7.70. The van der Waals surface area contributed by atoms with E-state index in [1.807, 2.05) is 38.1 Å². The van der Waals surface area contributed by atoms with Crippen molar-refractivity contribution in [1.82, 2.24) is 9.13 Å². The first-order chi connectivity index (χ1) is 12.5. The fraction of sp³-hybridized carbons (Fsp3) is 0.316. The molecule has 136 valence electrons. The zero-order valence-electron chi connectivity index (χ0n) is 14.8. The van der Waals surface area contributed by atoms with Crippen LogP contribution in [-0.4, -0.2) is 15.0 Å². The fourth-order valence-corrected chi connectivity index (χ4v) is 3.76. The molecule has 6 nitrogen and oxygen atoms in total.